The number of nitrogens with one attached hydrogen (secondary N) is 1. The predicted molar refractivity (Wildman–Crippen MR) is 126 cm³/mol. The molecular formula is C26H29N5O. The highest BCUT2D eigenvalue weighted by atomic mass is 16.2. The SMILES string of the molecule is Cc1nc(C(=O)N2CCC(c3c[nH]c4ccccc34)CC2)nn1-c1ccccc1C(C)C. The quantitative estimate of drug-likeness (QED) is 0.487. The van der Waals surface area contributed by atoms with E-state index in [4.69, 9.17) is 0 Å². The highest BCUT2D eigenvalue weighted by Gasteiger charge is 2.28. The zero-order chi connectivity index (χ0) is 22.2. The van der Waals surface area contributed by atoms with Gasteiger partial charge in [-0.3, -0.25) is 4.79 Å². The van der Waals surface area contributed by atoms with Crippen LogP contribution in [0, 0.1) is 6.92 Å². The minimum absolute atomic E-state index is 0.0775. The molecule has 164 valence electrons. The first-order valence-corrected chi connectivity index (χ1v) is 11.4. The molecule has 0 atom stereocenters. The van der Waals surface area contributed by atoms with E-state index in [9.17, 15) is 4.79 Å². The van der Waals surface area contributed by atoms with Crippen LogP contribution in [-0.4, -0.2) is 43.6 Å². The van der Waals surface area contributed by atoms with Crippen molar-refractivity contribution in [1.82, 2.24) is 24.6 Å². The molecule has 6 nitrogen and oxygen atoms in total. The van der Waals surface area contributed by atoms with E-state index in [1.165, 1.54) is 22.0 Å². The molecule has 3 heterocycles. The van der Waals surface area contributed by atoms with Crippen LogP contribution in [0.15, 0.2) is 54.7 Å². The molecule has 1 saturated heterocycles. The molecule has 2 aromatic carbocycles. The summed E-state index contributed by atoms with van der Waals surface area (Å²) in [5, 5.41) is 5.91. The monoisotopic (exact) mass is 427 g/mol. The average Bonchev–Trinajstić information content (AvgIpc) is 3.42. The van der Waals surface area contributed by atoms with E-state index in [0.29, 0.717) is 11.8 Å². The summed E-state index contributed by atoms with van der Waals surface area (Å²) >= 11 is 0. The molecule has 1 N–H and O–H groups in total. The maximum absolute atomic E-state index is 13.2. The van der Waals surface area contributed by atoms with Crippen molar-refractivity contribution in [3.63, 3.8) is 0 Å². The molecule has 1 amide bonds. The number of aryl methyl sites for hydroxylation is 1. The molecule has 5 rings (SSSR count). The zero-order valence-electron chi connectivity index (χ0n) is 18.9. The van der Waals surface area contributed by atoms with Crippen molar-refractivity contribution in [1.29, 1.82) is 0 Å². The Kier molecular flexibility index (Phi) is 5.29. The average molecular weight is 428 g/mol. The van der Waals surface area contributed by atoms with Gasteiger partial charge < -0.3 is 9.88 Å². The number of benzene rings is 2. The van der Waals surface area contributed by atoms with Crippen molar-refractivity contribution >= 4 is 16.8 Å². The van der Waals surface area contributed by atoms with Gasteiger partial charge in [-0.1, -0.05) is 50.2 Å². The topological polar surface area (TPSA) is 66.8 Å². The third-order valence-electron chi connectivity index (χ3n) is 6.59. The molecule has 1 fully saturated rings. The summed E-state index contributed by atoms with van der Waals surface area (Å²) in [7, 11) is 0. The summed E-state index contributed by atoms with van der Waals surface area (Å²) in [5.74, 6) is 1.76. The maximum atomic E-state index is 13.2. The van der Waals surface area contributed by atoms with E-state index >= 15 is 0 Å². The highest BCUT2D eigenvalue weighted by molar-refractivity contribution is 5.90. The molecular weight excluding hydrogens is 398 g/mol. The first-order chi connectivity index (χ1) is 15.5. The van der Waals surface area contributed by atoms with Crippen LogP contribution in [0.2, 0.25) is 0 Å². The minimum atomic E-state index is -0.0775. The lowest BCUT2D eigenvalue weighted by molar-refractivity contribution is 0.0701. The van der Waals surface area contributed by atoms with Gasteiger partial charge in [-0.15, -0.1) is 5.10 Å². The Hall–Kier alpha value is -3.41. The number of amides is 1. The van der Waals surface area contributed by atoms with Crippen molar-refractivity contribution in [2.75, 3.05) is 13.1 Å². The lowest BCUT2D eigenvalue weighted by Gasteiger charge is -2.31. The first-order valence-electron chi connectivity index (χ1n) is 11.4. The Morgan fingerprint density at radius 2 is 1.78 bits per heavy atom. The fourth-order valence-corrected chi connectivity index (χ4v) is 4.84. The van der Waals surface area contributed by atoms with E-state index in [2.05, 4.69) is 65.4 Å². The molecule has 0 aliphatic carbocycles. The fourth-order valence-electron chi connectivity index (χ4n) is 4.84. The van der Waals surface area contributed by atoms with Crippen molar-refractivity contribution < 1.29 is 4.79 Å². The highest BCUT2D eigenvalue weighted by Crippen LogP contribution is 2.33. The van der Waals surface area contributed by atoms with Gasteiger partial charge in [0.2, 0.25) is 5.82 Å². The molecule has 0 radical (unpaired) electrons. The second-order valence-electron chi connectivity index (χ2n) is 8.96. The van der Waals surface area contributed by atoms with Gasteiger partial charge in [-0.2, -0.15) is 0 Å². The van der Waals surface area contributed by atoms with Crippen LogP contribution < -0.4 is 0 Å². The van der Waals surface area contributed by atoms with Gasteiger partial charge in [0.15, 0.2) is 0 Å². The number of aromatic nitrogens is 4. The van der Waals surface area contributed by atoms with E-state index in [0.717, 1.165) is 37.4 Å². The number of rotatable bonds is 4. The van der Waals surface area contributed by atoms with Gasteiger partial charge in [-0.25, -0.2) is 9.67 Å². The Bertz CT molecular complexity index is 1260. The number of H-pyrrole nitrogens is 1. The number of fused-ring (bicyclic) bond motifs is 1. The molecule has 0 saturated carbocycles. The van der Waals surface area contributed by atoms with Crippen molar-refractivity contribution in [3.05, 3.63) is 77.5 Å². The van der Waals surface area contributed by atoms with Crippen LogP contribution in [0.4, 0.5) is 0 Å². The molecule has 6 heteroatoms. The number of hydrogen-bond donors (Lipinski definition) is 1. The van der Waals surface area contributed by atoms with Crippen LogP contribution in [0.1, 0.15) is 66.1 Å². The van der Waals surface area contributed by atoms with Crippen LogP contribution >= 0.6 is 0 Å². The summed E-state index contributed by atoms with van der Waals surface area (Å²) in [6.45, 7) is 7.67. The lowest BCUT2D eigenvalue weighted by atomic mass is 9.89. The van der Waals surface area contributed by atoms with Gasteiger partial charge in [-0.05, 0) is 54.9 Å². The number of piperidine rings is 1. The van der Waals surface area contributed by atoms with E-state index in [1.54, 1.807) is 4.68 Å². The Labute approximate surface area is 188 Å². The molecule has 1 aliphatic heterocycles. The van der Waals surface area contributed by atoms with Crippen LogP contribution in [0.3, 0.4) is 0 Å². The largest absolute Gasteiger partial charge is 0.361 e. The summed E-state index contributed by atoms with van der Waals surface area (Å²) in [6, 6.07) is 16.6. The third kappa shape index (κ3) is 3.60. The molecule has 2 aromatic heterocycles. The summed E-state index contributed by atoms with van der Waals surface area (Å²) in [6.07, 6.45) is 4.03. The number of carbonyl (C=O) groups excluding carboxylic acids is 1. The molecule has 0 bridgehead atoms. The van der Waals surface area contributed by atoms with Gasteiger partial charge in [0, 0.05) is 30.2 Å². The fraction of sp³-hybridized carbons (Fsp3) is 0.346. The Balaban J connectivity index is 1.33. The summed E-state index contributed by atoms with van der Waals surface area (Å²) in [5.41, 5.74) is 4.72. The van der Waals surface area contributed by atoms with Gasteiger partial charge in [0.05, 0.1) is 5.69 Å². The maximum Gasteiger partial charge on any atom is 0.293 e. The molecule has 4 aromatic rings. The number of likely N-dealkylation sites (tertiary alicyclic amines) is 1. The second kappa shape index (κ2) is 8.26. The summed E-state index contributed by atoms with van der Waals surface area (Å²) < 4.78 is 1.81. The third-order valence-corrected chi connectivity index (χ3v) is 6.59. The smallest absolute Gasteiger partial charge is 0.293 e. The van der Waals surface area contributed by atoms with Crippen LogP contribution in [0.5, 0.6) is 0 Å². The van der Waals surface area contributed by atoms with E-state index in [1.807, 2.05) is 30.0 Å². The van der Waals surface area contributed by atoms with E-state index < -0.39 is 0 Å². The standard InChI is InChI=1S/C26H29N5O/c1-17(2)20-8-5-7-11-24(20)31-18(3)28-25(29-31)26(32)30-14-12-19(13-15-30)22-16-27-23-10-6-4-9-21(22)23/h4-11,16-17,19,27H,12-15H2,1-3H3. The number of aromatic amines is 1. The molecule has 0 spiro atoms. The van der Waals surface area contributed by atoms with Crippen molar-refractivity contribution in [2.45, 2.75) is 45.4 Å². The number of nitrogens with zero attached hydrogens (tertiary/aromatic N) is 4. The van der Waals surface area contributed by atoms with Crippen LogP contribution in [-0.2, 0) is 0 Å². The Morgan fingerprint density at radius 1 is 1.06 bits per heavy atom. The van der Waals surface area contributed by atoms with Gasteiger partial charge in [0.1, 0.15) is 5.82 Å². The van der Waals surface area contributed by atoms with Gasteiger partial charge >= 0.3 is 0 Å². The first kappa shape index (κ1) is 20.5. The van der Waals surface area contributed by atoms with Crippen LogP contribution in [0.25, 0.3) is 16.6 Å². The Morgan fingerprint density at radius 3 is 2.56 bits per heavy atom. The van der Waals surface area contributed by atoms with Crippen molar-refractivity contribution in [2.24, 2.45) is 0 Å². The number of hydrogen-bond acceptors (Lipinski definition) is 3. The zero-order valence-corrected chi connectivity index (χ0v) is 18.9. The predicted octanol–water partition coefficient (Wildman–Crippen LogP) is 5.20. The molecule has 0 unspecified atom stereocenters. The van der Waals surface area contributed by atoms with Crippen molar-refractivity contribution in [3.8, 4) is 5.69 Å². The number of para-hydroxylation sites is 2. The van der Waals surface area contributed by atoms with Gasteiger partial charge in [0.25, 0.3) is 5.91 Å². The minimum Gasteiger partial charge on any atom is -0.361 e. The lowest BCUT2D eigenvalue weighted by Crippen LogP contribution is -2.38. The second-order valence-corrected chi connectivity index (χ2v) is 8.96. The number of carbonyl (C=O) groups is 1. The molecule has 32 heavy (non-hydrogen) atoms. The normalized spacial score (nSPS) is 15.1. The summed E-state index contributed by atoms with van der Waals surface area (Å²) in [4.78, 5) is 23.0. The van der Waals surface area contributed by atoms with E-state index in [-0.39, 0.29) is 11.7 Å². The molecule has 1 aliphatic rings.